The molecule has 1 atom stereocenters. The molecule has 2 N–H and O–H groups in total. The van der Waals surface area contributed by atoms with Gasteiger partial charge in [-0.3, -0.25) is 4.79 Å². The minimum atomic E-state index is 0.00288. The van der Waals surface area contributed by atoms with Gasteiger partial charge in [-0.25, -0.2) is 4.52 Å². The standard InChI is InChI=1S/C26H28N8O/c1-16(2)29-23-11-19(25-7-5-21-10-18(13-27)14-28-34(21)25)4-6-22(23)24-12-26(32-31-24)33-9-8-20(15-33)30-17(3)35/h4-7,10-11,14,16,20,29H,8-9,12,15H2,1-3H3,(H,30,35)/t20-/m0/s1. The number of nitrogens with zero attached hydrogens (tertiary/aromatic N) is 6. The number of nitriles is 1. The smallest absolute Gasteiger partial charge is 0.217 e. The van der Waals surface area contributed by atoms with Crippen molar-refractivity contribution in [2.24, 2.45) is 10.2 Å². The molecule has 4 heterocycles. The number of carbonyl (C=O) groups is 1. The number of amidine groups is 1. The number of likely N-dealkylation sites (tertiary alicyclic amines) is 1. The lowest BCUT2D eigenvalue weighted by molar-refractivity contribution is -0.119. The third-order valence-corrected chi connectivity index (χ3v) is 6.27. The first-order chi connectivity index (χ1) is 16.9. The highest BCUT2D eigenvalue weighted by Gasteiger charge is 2.29. The molecule has 3 aromatic rings. The fraction of sp³-hybridized carbons (Fsp3) is 0.346. The van der Waals surface area contributed by atoms with Crippen molar-refractivity contribution in [2.45, 2.75) is 45.7 Å². The van der Waals surface area contributed by atoms with Gasteiger partial charge in [-0.05, 0) is 44.5 Å². The average Bonchev–Trinajstić information content (AvgIpc) is 3.57. The largest absolute Gasteiger partial charge is 0.382 e. The zero-order valence-corrected chi connectivity index (χ0v) is 20.1. The Morgan fingerprint density at radius 3 is 2.83 bits per heavy atom. The highest BCUT2D eigenvalue weighted by atomic mass is 16.1. The Morgan fingerprint density at radius 2 is 2.06 bits per heavy atom. The van der Waals surface area contributed by atoms with E-state index in [0.717, 1.165) is 59.1 Å². The number of hydrogen-bond acceptors (Lipinski definition) is 7. The minimum Gasteiger partial charge on any atom is -0.382 e. The van der Waals surface area contributed by atoms with E-state index in [2.05, 4.69) is 69.0 Å². The van der Waals surface area contributed by atoms with Gasteiger partial charge < -0.3 is 15.5 Å². The summed E-state index contributed by atoms with van der Waals surface area (Å²) < 4.78 is 1.85. The van der Waals surface area contributed by atoms with Crippen LogP contribution in [0.25, 0.3) is 16.8 Å². The van der Waals surface area contributed by atoms with Crippen molar-refractivity contribution >= 4 is 28.7 Å². The van der Waals surface area contributed by atoms with Crippen molar-refractivity contribution in [2.75, 3.05) is 18.4 Å². The molecular weight excluding hydrogens is 440 g/mol. The lowest BCUT2D eigenvalue weighted by atomic mass is 10.0. The molecule has 0 saturated carbocycles. The van der Waals surface area contributed by atoms with E-state index < -0.39 is 0 Å². The monoisotopic (exact) mass is 468 g/mol. The molecule has 0 bridgehead atoms. The van der Waals surface area contributed by atoms with Gasteiger partial charge in [-0.1, -0.05) is 12.1 Å². The summed E-state index contributed by atoms with van der Waals surface area (Å²) in [6.45, 7) is 7.40. The van der Waals surface area contributed by atoms with E-state index in [1.807, 2.05) is 22.7 Å². The van der Waals surface area contributed by atoms with Gasteiger partial charge in [-0.15, -0.1) is 5.10 Å². The number of carbonyl (C=O) groups excluding carboxylic acids is 1. The highest BCUT2D eigenvalue weighted by Crippen LogP contribution is 2.30. The van der Waals surface area contributed by atoms with Gasteiger partial charge in [-0.2, -0.15) is 15.5 Å². The van der Waals surface area contributed by atoms with Crippen LogP contribution in [0.5, 0.6) is 0 Å². The van der Waals surface area contributed by atoms with Crippen LogP contribution in [0.2, 0.25) is 0 Å². The molecule has 2 aliphatic heterocycles. The van der Waals surface area contributed by atoms with Gasteiger partial charge in [0.05, 0.1) is 35.1 Å². The summed E-state index contributed by atoms with van der Waals surface area (Å²) >= 11 is 0. The number of rotatable bonds is 5. The Labute approximate surface area is 204 Å². The van der Waals surface area contributed by atoms with Crippen LogP contribution in [0, 0.1) is 11.3 Å². The molecule has 0 spiro atoms. The van der Waals surface area contributed by atoms with Crippen LogP contribution in [-0.2, 0) is 4.79 Å². The Bertz CT molecular complexity index is 1390. The second-order valence-corrected chi connectivity index (χ2v) is 9.34. The Morgan fingerprint density at radius 1 is 1.20 bits per heavy atom. The number of anilines is 1. The average molecular weight is 469 g/mol. The van der Waals surface area contributed by atoms with E-state index in [4.69, 9.17) is 5.26 Å². The van der Waals surface area contributed by atoms with E-state index in [1.54, 1.807) is 13.1 Å². The second kappa shape index (κ2) is 9.22. The van der Waals surface area contributed by atoms with E-state index in [1.165, 1.54) is 0 Å². The summed E-state index contributed by atoms with van der Waals surface area (Å²) in [4.78, 5) is 13.6. The van der Waals surface area contributed by atoms with Crippen LogP contribution < -0.4 is 10.6 Å². The molecule has 9 nitrogen and oxygen atoms in total. The molecule has 0 radical (unpaired) electrons. The summed E-state index contributed by atoms with van der Waals surface area (Å²) in [6, 6.07) is 14.6. The van der Waals surface area contributed by atoms with E-state index in [0.29, 0.717) is 12.0 Å². The molecule has 5 rings (SSSR count). The maximum atomic E-state index is 11.4. The first-order valence-corrected chi connectivity index (χ1v) is 11.9. The normalized spacial score (nSPS) is 17.5. The van der Waals surface area contributed by atoms with Crippen LogP contribution >= 0.6 is 0 Å². The van der Waals surface area contributed by atoms with Crippen LogP contribution in [0.3, 0.4) is 0 Å². The third kappa shape index (κ3) is 4.60. The summed E-state index contributed by atoms with van der Waals surface area (Å²) in [5.41, 5.74) is 6.34. The summed E-state index contributed by atoms with van der Waals surface area (Å²) in [6.07, 6.45) is 3.16. The lowest BCUT2D eigenvalue weighted by Gasteiger charge is -2.19. The number of hydrogen-bond donors (Lipinski definition) is 2. The van der Waals surface area contributed by atoms with Gasteiger partial charge >= 0.3 is 0 Å². The molecule has 1 aromatic carbocycles. The number of aromatic nitrogens is 2. The summed E-state index contributed by atoms with van der Waals surface area (Å²) in [5, 5.41) is 29.2. The molecule has 0 unspecified atom stereocenters. The zero-order valence-electron chi connectivity index (χ0n) is 20.1. The minimum absolute atomic E-state index is 0.00288. The van der Waals surface area contributed by atoms with Crippen molar-refractivity contribution in [3.8, 4) is 17.3 Å². The fourth-order valence-electron chi connectivity index (χ4n) is 4.73. The van der Waals surface area contributed by atoms with Crippen molar-refractivity contribution in [1.29, 1.82) is 5.26 Å². The maximum absolute atomic E-state index is 11.4. The molecule has 0 aliphatic carbocycles. The molecule has 2 aromatic heterocycles. The molecular formula is C26H28N8O. The predicted octanol–water partition coefficient (Wildman–Crippen LogP) is 3.41. The fourth-order valence-corrected chi connectivity index (χ4v) is 4.73. The summed E-state index contributed by atoms with van der Waals surface area (Å²) in [5.74, 6) is 0.950. The van der Waals surface area contributed by atoms with E-state index in [-0.39, 0.29) is 18.0 Å². The van der Waals surface area contributed by atoms with Crippen molar-refractivity contribution in [3.63, 3.8) is 0 Å². The van der Waals surface area contributed by atoms with Crippen molar-refractivity contribution in [3.05, 3.63) is 53.7 Å². The molecule has 1 amide bonds. The van der Waals surface area contributed by atoms with Crippen LogP contribution in [0.15, 0.2) is 52.8 Å². The Balaban J connectivity index is 1.39. The lowest BCUT2D eigenvalue weighted by Crippen LogP contribution is -2.37. The van der Waals surface area contributed by atoms with Crippen molar-refractivity contribution in [1.82, 2.24) is 19.8 Å². The number of benzene rings is 1. The van der Waals surface area contributed by atoms with Crippen molar-refractivity contribution < 1.29 is 4.79 Å². The zero-order chi connectivity index (χ0) is 24.5. The van der Waals surface area contributed by atoms with Gasteiger partial charge in [0.25, 0.3) is 0 Å². The maximum Gasteiger partial charge on any atom is 0.217 e. The number of fused-ring (bicyclic) bond motifs is 1. The molecule has 178 valence electrons. The van der Waals surface area contributed by atoms with Crippen LogP contribution in [0.4, 0.5) is 5.69 Å². The first-order valence-electron chi connectivity index (χ1n) is 11.9. The SMILES string of the molecule is CC(=O)N[C@H]1CCN(C2=NN=C(c3ccc(-c4ccc5cc(C#N)cnn45)cc3NC(C)C)C2)C1. The summed E-state index contributed by atoms with van der Waals surface area (Å²) in [7, 11) is 0. The van der Waals surface area contributed by atoms with Gasteiger partial charge in [0.2, 0.25) is 5.91 Å². The van der Waals surface area contributed by atoms with Crippen LogP contribution in [-0.4, -0.2) is 57.1 Å². The number of nitrogens with one attached hydrogen (secondary N) is 2. The van der Waals surface area contributed by atoms with Gasteiger partial charge in [0.15, 0.2) is 0 Å². The van der Waals surface area contributed by atoms with E-state index in [9.17, 15) is 4.79 Å². The van der Waals surface area contributed by atoms with Gasteiger partial charge in [0, 0.05) is 48.9 Å². The van der Waals surface area contributed by atoms with Crippen LogP contribution in [0.1, 0.15) is 44.7 Å². The topological polar surface area (TPSA) is 110 Å². The first kappa shape index (κ1) is 22.6. The van der Waals surface area contributed by atoms with Gasteiger partial charge in [0.1, 0.15) is 11.9 Å². The number of amides is 1. The molecule has 2 aliphatic rings. The molecule has 9 heteroatoms. The predicted molar refractivity (Wildman–Crippen MR) is 136 cm³/mol. The molecule has 35 heavy (non-hydrogen) atoms. The molecule has 1 fully saturated rings. The second-order valence-electron chi connectivity index (χ2n) is 9.34. The third-order valence-electron chi connectivity index (χ3n) is 6.27. The molecule has 1 saturated heterocycles. The quantitative estimate of drug-likeness (QED) is 0.596. The highest BCUT2D eigenvalue weighted by molar-refractivity contribution is 6.17. The Hall–Kier alpha value is -4.19. The van der Waals surface area contributed by atoms with E-state index >= 15 is 0 Å². The Kier molecular flexibility index (Phi) is 5.95.